The normalized spacial score (nSPS) is 9.90. The van der Waals surface area contributed by atoms with Crippen LogP contribution in [0.3, 0.4) is 0 Å². The predicted molar refractivity (Wildman–Crippen MR) is 78.0 cm³/mol. The van der Waals surface area contributed by atoms with Crippen LogP contribution in [0.1, 0.15) is 0 Å². The van der Waals surface area contributed by atoms with E-state index in [-0.39, 0.29) is 12.5 Å². The summed E-state index contributed by atoms with van der Waals surface area (Å²) in [6.07, 6.45) is 0. The van der Waals surface area contributed by atoms with Crippen molar-refractivity contribution < 1.29 is 14.3 Å². The van der Waals surface area contributed by atoms with Gasteiger partial charge in [-0.1, -0.05) is 24.3 Å². The van der Waals surface area contributed by atoms with Gasteiger partial charge in [0.25, 0.3) is 5.91 Å². The molecular weight excluding hydrogens is 254 g/mol. The SMILES string of the molecule is CNC(=O)COc1cccc(-c2cccc(OC)c2)c1. The summed E-state index contributed by atoms with van der Waals surface area (Å²) >= 11 is 0. The van der Waals surface area contributed by atoms with E-state index in [2.05, 4.69) is 5.32 Å². The summed E-state index contributed by atoms with van der Waals surface area (Å²) in [5.41, 5.74) is 2.05. The first kappa shape index (κ1) is 13.9. The quantitative estimate of drug-likeness (QED) is 0.909. The maximum absolute atomic E-state index is 11.2. The van der Waals surface area contributed by atoms with E-state index in [1.807, 2.05) is 48.5 Å². The summed E-state index contributed by atoms with van der Waals surface area (Å²) in [6, 6.07) is 15.4. The van der Waals surface area contributed by atoms with E-state index in [9.17, 15) is 4.79 Å². The minimum Gasteiger partial charge on any atom is -0.497 e. The summed E-state index contributed by atoms with van der Waals surface area (Å²) in [7, 11) is 3.22. The van der Waals surface area contributed by atoms with Crippen LogP contribution in [0, 0.1) is 0 Å². The van der Waals surface area contributed by atoms with Crippen LogP contribution in [0.15, 0.2) is 48.5 Å². The molecule has 1 amide bonds. The van der Waals surface area contributed by atoms with E-state index in [1.54, 1.807) is 14.2 Å². The van der Waals surface area contributed by atoms with Crippen LogP contribution >= 0.6 is 0 Å². The highest BCUT2D eigenvalue weighted by atomic mass is 16.5. The molecule has 0 radical (unpaired) electrons. The van der Waals surface area contributed by atoms with Crippen LogP contribution in [0.5, 0.6) is 11.5 Å². The molecule has 0 atom stereocenters. The van der Waals surface area contributed by atoms with Crippen molar-refractivity contribution in [1.82, 2.24) is 5.32 Å². The van der Waals surface area contributed by atoms with Crippen molar-refractivity contribution in [2.24, 2.45) is 0 Å². The molecule has 0 unspecified atom stereocenters. The first-order valence-corrected chi connectivity index (χ1v) is 6.31. The molecule has 2 rings (SSSR count). The van der Waals surface area contributed by atoms with Gasteiger partial charge in [-0.25, -0.2) is 0 Å². The molecule has 4 heteroatoms. The number of amides is 1. The van der Waals surface area contributed by atoms with Crippen LogP contribution in [-0.2, 0) is 4.79 Å². The van der Waals surface area contributed by atoms with Gasteiger partial charge in [0.05, 0.1) is 7.11 Å². The average molecular weight is 271 g/mol. The second-order valence-electron chi connectivity index (χ2n) is 4.22. The number of ether oxygens (including phenoxy) is 2. The van der Waals surface area contributed by atoms with Gasteiger partial charge in [0.2, 0.25) is 0 Å². The molecule has 104 valence electrons. The van der Waals surface area contributed by atoms with Crippen molar-refractivity contribution in [2.75, 3.05) is 20.8 Å². The van der Waals surface area contributed by atoms with Gasteiger partial charge >= 0.3 is 0 Å². The lowest BCUT2D eigenvalue weighted by molar-refractivity contribution is -0.122. The Balaban J connectivity index is 2.18. The molecule has 0 saturated carbocycles. The standard InChI is InChI=1S/C16H17NO3/c1-17-16(18)11-20-15-8-4-6-13(10-15)12-5-3-7-14(9-12)19-2/h3-10H,11H2,1-2H3,(H,17,18). The van der Waals surface area contributed by atoms with Gasteiger partial charge in [-0.15, -0.1) is 0 Å². The number of methoxy groups -OCH3 is 1. The molecule has 0 fully saturated rings. The van der Waals surface area contributed by atoms with Gasteiger partial charge < -0.3 is 14.8 Å². The molecule has 20 heavy (non-hydrogen) atoms. The number of hydrogen-bond acceptors (Lipinski definition) is 3. The molecule has 1 N–H and O–H groups in total. The van der Waals surface area contributed by atoms with Crippen molar-refractivity contribution in [1.29, 1.82) is 0 Å². The van der Waals surface area contributed by atoms with Gasteiger partial charge in [0, 0.05) is 7.05 Å². The molecule has 0 aliphatic rings. The lowest BCUT2D eigenvalue weighted by Gasteiger charge is -2.08. The number of benzene rings is 2. The number of carbonyl (C=O) groups excluding carboxylic acids is 1. The second kappa shape index (κ2) is 6.61. The maximum atomic E-state index is 11.2. The Morgan fingerprint density at radius 1 is 1.05 bits per heavy atom. The number of carbonyl (C=O) groups is 1. The third-order valence-corrected chi connectivity index (χ3v) is 2.89. The fourth-order valence-electron chi connectivity index (χ4n) is 1.79. The fraction of sp³-hybridized carbons (Fsp3) is 0.188. The Morgan fingerprint density at radius 3 is 2.25 bits per heavy atom. The van der Waals surface area contributed by atoms with Crippen molar-refractivity contribution in [3.63, 3.8) is 0 Å². The highest BCUT2D eigenvalue weighted by Gasteiger charge is 2.03. The molecule has 0 bridgehead atoms. The van der Waals surface area contributed by atoms with Crippen molar-refractivity contribution >= 4 is 5.91 Å². The highest BCUT2D eigenvalue weighted by molar-refractivity contribution is 5.77. The number of hydrogen-bond donors (Lipinski definition) is 1. The van der Waals surface area contributed by atoms with Gasteiger partial charge in [0.1, 0.15) is 11.5 Å². The second-order valence-corrected chi connectivity index (χ2v) is 4.22. The third kappa shape index (κ3) is 3.51. The average Bonchev–Trinajstić information content (AvgIpc) is 2.53. The van der Waals surface area contributed by atoms with E-state index in [1.165, 1.54) is 0 Å². The number of likely N-dealkylation sites (N-methyl/N-ethyl adjacent to an activating group) is 1. The Labute approximate surface area is 118 Å². The molecule has 0 spiro atoms. The zero-order valence-electron chi connectivity index (χ0n) is 11.6. The van der Waals surface area contributed by atoms with Crippen molar-refractivity contribution in [2.45, 2.75) is 0 Å². The molecule has 0 aliphatic heterocycles. The number of nitrogens with one attached hydrogen (secondary N) is 1. The van der Waals surface area contributed by atoms with Crippen LogP contribution in [0.2, 0.25) is 0 Å². The Kier molecular flexibility index (Phi) is 4.60. The number of rotatable bonds is 5. The molecule has 0 saturated heterocycles. The molecule has 2 aromatic carbocycles. The first-order chi connectivity index (χ1) is 9.72. The molecule has 2 aromatic rings. The first-order valence-electron chi connectivity index (χ1n) is 6.31. The van der Waals surface area contributed by atoms with E-state index < -0.39 is 0 Å². The Morgan fingerprint density at radius 2 is 1.65 bits per heavy atom. The largest absolute Gasteiger partial charge is 0.497 e. The van der Waals surface area contributed by atoms with E-state index in [4.69, 9.17) is 9.47 Å². The molecule has 4 nitrogen and oxygen atoms in total. The van der Waals surface area contributed by atoms with Crippen LogP contribution in [0.4, 0.5) is 0 Å². The lowest BCUT2D eigenvalue weighted by Crippen LogP contribution is -2.24. The van der Waals surface area contributed by atoms with Crippen molar-refractivity contribution in [3.8, 4) is 22.6 Å². The van der Waals surface area contributed by atoms with Crippen LogP contribution < -0.4 is 14.8 Å². The summed E-state index contributed by atoms with van der Waals surface area (Å²) in [5.74, 6) is 1.31. The lowest BCUT2D eigenvalue weighted by atomic mass is 10.1. The van der Waals surface area contributed by atoms with Crippen molar-refractivity contribution in [3.05, 3.63) is 48.5 Å². The highest BCUT2D eigenvalue weighted by Crippen LogP contribution is 2.26. The Hall–Kier alpha value is -2.49. The van der Waals surface area contributed by atoms with Gasteiger partial charge in [-0.05, 0) is 35.4 Å². The maximum Gasteiger partial charge on any atom is 0.257 e. The van der Waals surface area contributed by atoms with Gasteiger partial charge in [-0.3, -0.25) is 4.79 Å². The Bertz CT molecular complexity index is 596. The zero-order valence-corrected chi connectivity index (χ0v) is 11.6. The van der Waals surface area contributed by atoms with E-state index in [0.717, 1.165) is 16.9 Å². The zero-order chi connectivity index (χ0) is 14.4. The predicted octanol–water partition coefficient (Wildman–Crippen LogP) is 2.49. The topological polar surface area (TPSA) is 47.6 Å². The molecular formula is C16H17NO3. The summed E-state index contributed by atoms with van der Waals surface area (Å²) in [4.78, 5) is 11.2. The minimum atomic E-state index is -0.156. The third-order valence-electron chi connectivity index (χ3n) is 2.89. The molecule has 0 aliphatic carbocycles. The van der Waals surface area contributed by atoms with Gasteiger partial charge in [0.15, 0.2) is 6.61 Å². The van der Waals surface area contributed by atoms with Crippen LogP contribution in [-0.4, -0.2) is 26.7 Å². The smallest absolute Gasteiger partial charge is 0.257 e. The summed E-state index contributed by atoms with van der Waals surface area (Å²) in [5, 5.41) is 2.52. The monoisotopic (exact) mass is 271 g/mol. The van der Waals surface area contributed by atoms with Gasteiger partial charge in [-0.2, -0.15) is 0 Å². The summed E-state index contributed by atoms with van der Waals surface area (Å²) < 4.78 is 10.7. The minimum absolute atomic E-state index is 0.0120. The summed E-state index contributed by atoms with van der Waals surface area (Å²) in [6.45, 7) is 0.0120. The molecule has 0 heterocycles. The van der Waals surface area contributed by atoms with E-state index in [0.29, 0.717) is 5.75 Å². The van der Waals surface area contributed by atoms with E-state index >= 15 is 0 Å². The molecule has 0 aromatic heterocycles. The fourth-order valence-corrected chi connectivity index (χ4v) is 1.79. The van der Waals surface area contributed by atoms with Crippen LogP contribution in [0.25, 0.3) is 11.1 Å².